The third-order valence-electron chi connectivity index (χ3n) is 6.30. The van der Waals surface area contributed by atoms with E-state index < -0.39 is 12.4 Å². The number of ether oxygens (including phenoxy) is 3. The van der Waals surface area contributed by atoms with Crippen LogP contribution in [0.4, 0.5) is 4.79 Å². The number of aromatic nitrogens is 2. The zero-order valence-electron chi connectivity index (χ0n) is 21.1. The van der Waals surface area contributed by atoms with Gasteiger partial charge in [0.1, 0.15) is 6.61 Å². The van der Waals surface area contributed by atoms with Crippen molar-refractivity contribution in [3.63, 3.8) is 0 Å². The maximum absolute atomic E-state index is 11.7. The number of thioether (sulfide) groups is 1. The molecule has 0 radical (unpaired) electrons. The highest BCUT2D eigenvalue weighted by Crippen LogP contribution is 2.42. The molecule has 1 fully saturated rings. The minimum atomic E-state index is -0.551. The van der Waals surface area contributed by atoms with Crippen molar-refractivity contribution in [1.82, 2.24) is 14.9 Å². The first kappa shape index (κ1) is 26.9. The fourth-order valence-corrected chi connectivity index (χ4v) is 5.21. The molecule has 1 aromatic heterocycles. The summed E-state index contributed by atoms with van der Waals surface area (Å²) in [6.07, 6.45) is 3.95. The van der Waals surface area contributed by atoms with Crippen LogP contribution in [0.25, 0.3) is 0 Å². The van der Waals surface area contributed by atoms with Crippen molar-refractivity contribution < 1.29 is 24.1 Å². The predicted octanol–water partition coefficient (Wildman–Crippen LogP) is 4.91. The van der Waals surface area contributed by atoms with Gasteiger partial charge >= 0.3 is 6.09 Å². The van der Waals surface area contributed by atoms with E-state index in [1.807, 2.05) is 66.3 Å². The van der Waals surface area contributed by atoms with Crippen molar-refractivity contribution in [3.05, 3.63) is 95.8 Å². The van der Waals surface area contributed by atoms with Crippen molar-refractivity contribution in [1.29, 1.82) is 0 Å². The van der Waals surface area contributed by atoms with Gasteiger partial charge in [0.2, 0.25) is 0 Å². The van der Waals surface area contributed by atoms with Crippen LogP contribution in [0.2, 0.25) is 0 Å². The maximum Gasteiger partial charge on any atom is 0.407 e. The minimum Gasteiger partial charge on any atom is -0.445 e. The van der Waals surface area contributed by atoms with Gasteiger partial charge in [-0.05, 0) is 16.7 Å². The second-order valence-corrected chi connectivity index (χ2v) is 9.92. The lowest BCUT2D eigenvalue weighted by Gasteiger charge is -2.41. The van der Waals surface area contributed by atoms with Crippen LogP contribution in [0.15, 0.2) is 78.7 Å². The summed E-state index contributed by atoms with van der Waals surface area (Å²) in [4.78, 5) is 16.1. The number of aliphatic hydroxyl groups is 1. The van der Waals surface area contributed by atoms with Gasteiger partial charge in [-0.1, -0.05) is 79.9 Å². The quantitative estimate of drug-likeness (QED) is 0.288. The van der Waals surface area contributed by atoms with Gasteiger partial charge < -0.3 is 29.2 Å². The van der Waals surface area contributed by atoms with E-state index in [-0.39, 0.29) is 31.3 Å². The van der Waals surface area contributed by atoms with Gasteiger partial charge in [0.05, 0.1) is 18.8 Å². The predicted molar refractivity (Wildman–Crippen MR) is 142 cm³/mol. The molecule has 37 heavy (non-hydrogen) atoms. The first-order valence-corrected chi connectivity index (χ1v) is 13.2. The van der Waals surface area contributed by atoms with E-state index in [1.165, 1.54) is 6.08 Å². The summed E-state index contributed by atoms with van der Waals surface area (Å²) in [6.45, 7) is 6.20. The fraction of sp³-hybridized carbons (Fsp3) is 0.357. The van der Waals surface area contributed by atoms with Gasteiger partial charge in [0.15, 0.2) is 11.4 Å². The highest BCUT2D eigenvalue weighted by Gasteiger charge is 2.38. The number of hydrogen-bond acceptors (Lipinski definition) is 7. The molecule has 0 saturated carbocycles. The van der Waals surface area contributed by atoms with E-state index in [0.29, 0.717) is 6.54 Å². The summed E-state index contributed by atoms with van der Waals surface area (Å²) < 4.78 is 19.9. The van der Waals surface area contributed by atoms with Gasteiger partial charge in [-0.15, -0.1) is 0 Å². The molecule has 1 amide bonds. The zero-order chi connectivity index (χ0) is 26.2. The van der Waals surface area contributed by atoms with E-state index in [2.05, 4.69) is 23.8 Å². The molecule has 2 heterocycles. The highest BCUT2D eigenvalue weighted by molar-refractivity contribution is 7.99. The average Bonchev–Trinajstić information content (AvgIpc) is 3.35. The van der Waals surface area contributed by atoms with Gasteiger partial charge in [0, 0.05) is 43.2 Å². The van der Waals surface area contributed by atoms with Gasteiger partial charge in [-0.2, -0.15) is 0 Å². The highest BCUT2D eigenvalue weighted by atomic mass is 32.2. The van der Waals surface area contributed by atoms with Crippen molar-refractivity contribution >= 4 is 17.9 Å². The first-order valence-electron chi connectivity index (χ1n) is 12.2. The summed E-state index contributed by atoms with van der Waals surface area (Å²) in [7, 11) is 1.98. The summed E-state index contributed by atoms with van der Waals surface area (Å²) in [6, 6.07) is 15.7. The van der Waals surface area contributed by atoms with Crippen LogP contribution in [0.5, 0.6) is 0 Å². The third kappa shape index (κ3) is 7.01. The second kappa shape index (κ2) is 12.9. The number of aryl methyl sites for hydroxylation is 1. The molecule has 196 valence electrons. The van der Waals surface area contributed by atoms with Crippen molar-refractivity contribution in [2.24, 2.45) is 13.0 Å². The van der Waals surface area contributed by atoms with E-state index in [1.54, 1.807) is 18.0 Å². The standard InChI is InChI=1S/C28H33N3O5S/c1-4-15-34-28(33)30-16-20-5-11-23(12-6-20)26-35-24(18-37-27-29-13-14-31(27)3)19(2)25(36-26)22-9-7-21(17-32)8-10-22/h4-14,19,24-26,32H,1,15-18H2,2-3H3,(H,30,33)/t19-,24+,25+,26+/m1/s1. The maximum atomic E-state index is 11.7. The molecule has 0 bridgehead atoms. The number of imidazole rings is 1. The number of amides is 1. The van der Waals surface area contributed by atoms with Crippen LogP contribution >= 0.6 is 11.8 Å². The summed E-state index contributed by atoms with van der Waals surface area (Å²) in [5, 5.41) is 13.1. The van der Waals surface area contributed by atoms with E-state index in [9.17, 15) is 9.90 Å². The lowest BCUT2D eigenvalue weighted by molar-refractivity contribution is -0.268. The largest absolute Gasteiger partial charge is 0.445 e. The number of alkyl carbamates (subject to hydrolysis) is 1. The molecular weight excluding hydrogens is 490 g/mol. The molecule has 0 aliphatic carbocycles. The average molecular weight is 524 g/mol. The Hall–Kier alpha value is -3.11. The Morgan fingerprint density at radius 1 is 1.16 bits per heavy atom. The molecule has 3 aromatic rings. The Morgan fingerprint density at radius 2 is 1.86 bits per heavy atom. The number of aliphatic hydroxyl groups excluding tert-OH is 1. The number of hydrogen-bond donors (Lipinski definition) is 2. The smallest absolute Gasteiger partial charge is 0.407 e. The van der Waals surface area contributed by atoms with Crippen LogP contribution in [-0.2, 0) is 34.4 Å². The van der Waals surface area contributed by atoms with E-state index in [0.717, 1.165) is 33.2 Å². The number of carbonyl (C=O) groups excluding carboxylic acids is 1. The second-order valence-electron chi connectivity index (χ2n) is 8.94. The third-order valence-corrected chi connectivity index (χ3v) is 7.44. The molecule has 2 N–H and O–H groups in total. The normalized spacial score (nSPS) is 21.4. The summed E-state index contributed by atoms with van der Waals surface area (Å²) in [5.74, 6) is 0.820. The molecule has 1 saturated heterocycles. The van der Waals surface area contributed by atoms with Gasteiger partial charge in [-0.25, -0.2) is 9.78 Å². The van der Waals surface area contributed by atoms with E-state index >= 15 is 0 Å². The molecule has 4 atom stereocenters. The van der Waals surface area contributed by atoms with Crippen LogP contribution in [0.3, 0.4) is 0 Å². The van der Waals surface area contributed by atoms with E-state index in [4.69, 9.17) is 14.2 Å². The van der Waals surface area contributed by atoms with Crippen LogP contribution in [-0.4, -0.2) is 39.2 Å². The number of nitrogens with zero attached hydrogens (tertiary/aromatic N) is 2. The Morgan fingerprint density at radius 3 is 2.51 bits per heavy atom. The Labute approximate surface area is 221 Å². The lowest BCUT2D eigenvalue weighted by Crippen LogP contribution is -2.38. The van der Waals surface area contributed by atoms with Crippen LogP contribution < -0.4 is 5.32 Å². The first-order chi connectivity index (χ1) is 18.0. The minimum absolute atomic E-state index is 0.00318. The Balaban J connectivity index is 1.49. The number of rotatable bonds is 10. The van der Waals surface area contributed by atoms with Crippen molar-refractivity contribution in [2.75, 3.05) is 12.4 Å². The number of nitrogens with one attached hydrogen (secondary N) is 1. The van der Waals surface area contributed by atoms with Gasteiger partial charge in [0.25, 0.3) is 0 Å². The molecule has 0 unspecified atom stereocenters. The molecule has 1 aliphatic heterocycles. The summed E-state index contributed by atoms with van der Waals surface area (Å²) >= 11 is 1.66. The molecule has 9 heteroatoms. The topological polar surface area (TPSA) is 94.8 Å². The molecular formula is C28H33N3O5S. The van der Waals surface area contributed by atoms with Crippen LogP contribution in [0, 0.1) is 5.92 Å². The molecule has 2 aromatic carbocycles. The Bertz CT molecular complexity index is 1170. The number of carbonyl (C=O) groups is 1. The monoisotopic (exact) mass is 523 g/mol. The fourth-order valence-electron chi connectivity index (χ4n) is 4.11. The number of benzene rings is 2. The Kier molecular flexibility index (Phi) is 9.40. The zero-order valence-corrected chi connectivity index (χ0v) is 21.9. The molecule has 8 nitrogen and oxygen atoms in total. The summed E-state index contributed by atoms with van der Waals surface area (Å²) in [5.41, 5.74) is 3.73. The van der Waals surface area contributed by atoms with Crippen molar-refractivity contribution in [2.45, 2.75) is 43.7 Å². The lowest BCUT2D eigenvalue weighted by atomic mass is 9.91. The molecule has 1 aliphatic rings. The molecule has 0 spiro atoms. The SMILES string of the molecule is C=CCOC(=O)NCc1ccc([C@H]2O[C@@H](CSc3nccn3C)[C@@H](C)[C@@H](c3ccc(CO)cc3)O2)cc1. The van der Waals surface area contributed by atoms with Gasteiger partial charge in [-0.3, -0.25) is 0 Å². The molecule has 4 rings (SSSR count). The van der Waals surface area contributed by atoms with Crippen LogP contribution in [0.1, 0.15) is 41.6 Å². The van der Waals surface area contributed by atoms with Crippen molar-refractivity contribution in [3.8, 4) is 0 Å².